The van der Waals surface area contributed by atoms with E-state index in [-0.39, 0.29) is 12.8 Å². The molecule has 0 fully saturated rings. The highest BCUT2D eigenvalue weighted by Gasteiger charge is 2.26. The second-order valence-electron chi connectivity index (χ2n) is 5.18. The van der Waals surface area contributed by atoms with Crippen LogP contribution < -0.4 is 10.4 Å². The Labute approximate surface area is 132 Å². The Hall–Kier alpha value is -1.89. The van der Waals surface area contributed by atoms with Gasteiger partial charge >= 0.3 is 5.97 Å². The van der Waals surface area contributed by atoms with Gasteiger partial charge in [-0.05, 0) is 37.7 Å². The normalized spacial score (nSPS) is 13.9. The average Bonchev–Trinajstić information content (AvgIpc) is 2.66. The van der Waals surface area contributed by atoms with E-state index in [4.69, 9.17) is 4.74 Å². The minimum absolute atomic E-state index is 0.175. The van der Waals surface area contributed by atoms with Gasteiger partial charge in [0.15, 0.2) is 0 Å². The number of methoxy groups -OCH3 is 1. The molecule has 0 radical (unpaired) electrons. The molecule has 1 aromatic heterocycles. The Bertz CT molecular complexity index is 593. The van der Waals surface area contributed by atoms with Crippen LogP contribution in [-0.4, -0.2) is 25.0 Å². The van der Waals surface area contributed by atoms with E-state index in [0.29, 0.717) is 10.6 Å². The number of carboxylic acids is 1. The van der Waals surface area contributed by atoms with E-state index in [1.165, 1.54) is 18.4 Å². The van der Waals surface area contributed by atoms with Crippen LogP contribution in [0.15, 0.2) is 0 Å². The molecule has 1 amide bonds. The number of aliphatic carboxylic acids is 1. The number of hydrogen-bond acceptors (Lipinski definition) is 6. The number of ether oxygens (including phenoxy) is 1. The van der Waals surface area contributed by atoms with E-state index in [1.54, 1.807) is 0 Å². The summed E-state index contributed by atoms with van der Waals surface area (Å²) in [7, 11) is 1.31. The van der Waals surface area contributed by atoms with Crippen LogP contribution in [0.4, 0.5) is 5.00 Å². The molecule has 0 saturated carbocycles. The molecule has 1 aromatic rings. The van der Waals surface area contributed by atoms with Crippen molar-refractivity contribution >= 4 is 34.2 Å². The third kappa shape index (κ3) is 3.85. The highest BCUT2D eigenvalue weighted by atomic mass is 32.1. The van der Waals surface area contributed by atoms with Crippen molar-refractivity contribution < 1.29 is 24.2 Å². The van der Waals surface area contributed by atoms with Gasteiger partial charge in [-0.3, -0.25) is 4.79 Å². The zero-order valence-corrected chi connectivity index (χ0v) is 13.2. The van der Waals surface area contributed by atoms with Gasteiger partial charge in [0.05, 0.1) is 12.7 Å². The molecule has 2 rings (SSSR count). The summed E-state index contributed by atoms with van der Waals surface area (Å²) in [6.07, 6.45) is 4.35. The molecule has 120 valence electrons. The molecule has 0 spiro atoms. The van der Waals surface area contributed by atoms with Crippen LogP contribution in [0.1, 0.15) is 52.9 Å². The standard InChI is InChI=1S/C15H19NO5S/c1-21-15(20)13-9-5-3-2-4-6-10(9)22-14(13)16-11(17)7-8-12(18)19/h2-8H2,1H3,(H,16,17)(H,18,19)/p-1. The van der Waals surface area contributed by atoms with Crippen LogP contribution in [0, 0.1) is 0 Å². The van der Waals surface area contributed by atoms with Gasteiger partial charge in [0, 0.05) is 17.3 Å². The van der Waals surface area contributed by atoms with Crippen LogP contribution >= 0.6 is 11.3 Å². The fourth-order valence-corrected chi connectivity index (χ4v) is 3.85. The summed E-state index contributed by atoms with van der Waals surface area (Å²) in [5.41, 5.74) is 1.38. The van der Waals surface area contributed by atoms with Crippen LogP contribution in [0.5, 0.6) is 0 Å². The molecule has 6 nitrogen and oxygen atoms in total. The molecular weight excluding hydrogens is 306 g/mol. The lowest BCUT2D eigenvalue weighted by molar-refractivity contribution is -0.305. The van der Waals surface area contributed by atoms with E-state index < -0.39 is 17.8 Å². The van der Waals surface area contributed by atoms with Gasteiger partial charge in [-0.2, -0.15) is 0 Å². The first-order chi connectivity index (χ1) is 10.5. The minimum atomic E-state index is -1.27. The smallest absolute Gasteiger partial charge is 0.341 e. The maximum Gasteiger partial charge on any atom is 0.341 e. The van der Waals surface area contributed by atoms with Crippen LogP contribution in [0.3, 0.4) is 0 Å². The monoisotopic (exact) mass is 324 g/mol. The molecule has 0 bridgehead atoms. The van der Waals surface area contributed by atoms with Crippen LogP contribution in [-0.2, 0) is 27.2 Å². The number of carboxylic acid groups (broad SMARTS) is 1. The number of fused-ring (bicyclic) bond motifs is 1. The molecule has 0 aliphatic heterocycles. The summed E-state index contributed by atoms with van der Waals surface area (Å²) in [6.45, 7) is 0. The summed E-state index contributed by atoms with van der Waals surface area (Å²) in [5.74, 6) is -2.18. The Kier molecular flexibility index (Phi) is 5.54. The Morgan fingerprint density at radius 1 is 1.18 bits per heavy atom. The highest BCUT2D eigenvalue weighted by molar-refractivity contribution is 7.17. The van der Waals surface area contributed by atoms with Crippen molar-refractivity contribution in [2.75, 3.05) is 12.4 Å². The Morgan fingerprint density at radius 3 is 2.59 bits per heavy atom. The fourth-order valence-electron chi connectivity index (χ4n) is 2.55. The number of carbonyl (C=O) groups excluding carboxylic acids is 3. The molecule has 0 atom stereocenters. The van der Waals surface area contributed by atoms with Crippen molar-refractivity contribution in [2.24, 2.45) is 0 Å². The van der Waals surface area contributed by atoms with E-state index in [1.807, 2.05) is 0 Å². The molecule has 0 saturated heterocycles. The third-order valence-electron chi connectivity index (χ3n) is 3.62. The largest absolute Gasteiger partial charge is 0.550 e. The lowest BCUT2D eigenvalue weighted by atomic mass is 10.1. The molecule has 7 heteroatoms. The van der Waals surface area contributed by atoms with Gasteiger partial charge in [-0.25, -0.2) is 4.79 Å². The minimum Gasteiger partial charge on any atom is -0.550 e. The summed E-state index contributed by atoms with van der Waals surface area (Å²) in [4.78, 5) is 35.4. The van der Waals surface area contributed by atoms with Crippen LogP contribution in [0.25, 0.3) is 0 Å². The van der Waals surface area contributed by atoms with Gasteiger partial charge < -0.3 is 20.0 Å². The summed E-state index contributed by atoms with van der Waals surface area (Å²) < 4.78 is 4.83. The predicted octanol–water partition coefficient (Wildman–Crippen LogP) is 1.27. The molecule has 0 aromatic carbocycles. The number of carbonyl (C=O) groups is 3. The second-order valence-corrected chi connectivity index (χ2v) is 6.29. The fraction of sp³-hybridized carbons (Fsp3) is 0.533. The van der Waals surface area contributed by atoms with E-state index >= 15 is 0 Å². The van der Waals surface area contributed by atoms with E-state index in [0.717, 1.165) is 42.5 Å². The zero-order valence-electron chi connectivity index (χ0n) is 12.4. The van der Waals surface area contributed by atoms with Crippen molar-refractivity contribution in [2.45, 2.75) is 44.9 Å². The number of nitrogens with one attached hydrogen (secondary N) is 1. The number of esters is 1. The van der Waals surface area contributed by atoms with Crippen molar-refractivity contribution in [3.63, 3.8) is 0 Å². The number of aryl methyl sites for hydroxylation is 1. The number of amides is 1. The van der Waals surface area contributed by atoms with Gasteiger partial charge in [-0.1, -0.05) is 6.42 Å². The Balaban J connectivity index is 2.24. The molecule has 1 N–H and O–H groups in total. The van der Waals surface area contributed by atoms with E-state index in [2.05, 4.69) is 5.32 Å². The van der Waals surface area contributed by atoms with Crippen LogP contribution in [0.2, 0.25) is 0 Å². The molecule has 0 unspecified atom stereocenters. The molecule has 1 aliphatic rings. The zero-order chi connectivity index (χ0) is 16.1. The second kappa shape index (κ2) is 7.40. The first-order valence-electron chi connectivity index (χ1n) is 7.25. The predicted molar refractivity (Wildman–Crippen MR) is 79.8 cm³/mol. The first kappa shape index (κ1) is 16.5. The van der Waals surface area contributed by atoms with Gasteiger partial charge in [0.2, 0.25) is 5.91 Å². The van der Waals surface area contributed by atoms with Gasteiger partial charge in [0.25, 0.3) is 0 Å². The van der Waals surface area contributed by atoms with Crippen molar-refractivity contribution in [1.29, 1.82) is 0 Å². The maximum atomic E-state index is 12.1. The lowest BCUT2D eigenvalue weighted by Crippen LogP contribution is -2.24. The topological polar surface area (TPSA) is 95.5 Å². The molecule has 22 heavy (non-hydrogen) atoms. The SMILES string of the molecule is COC(=O)c1c(NC(=O)CCC(=O)[O-])sc2c1CCCCC2. The molecular formula is C15H18NO5S-. The summed E-state index contributed by atoms with van der Waals surface area (Å²) in [5, 5.41) is 13.5. The summed E-state index contributed by atoms with van der Waals surface area (Å²) >= 11 is 1.39. The Morgan fingerprint density at radius 2 is 1.91 bits per heavy atom. The van der Waals surface area contributed by atoms with Gasteiger partial charge in [-0.15, -0.1) is 11.3 Å². The first-order valence-corrected chi connectivity index (χ1v) is 8.07. The van der Waals surface area contributed by atoms with Gasteiger partial charge in [0.1, 0.15) is 5.00 Å². The molecule has 1 aliphatic carbocycles. The van der Waals surface area contributed by atoms with Crippen molar-refractivity contribution in [3.05, 3.63) is 16.0 Å². The molecule has 1 heterocycles. The average molecular weight is 324 g/mol. The maximum absolute atomic E-state index is 12.1. The van der Waals surface area contributed by atoms with Crippen molar-refractivity contribution in [1.82, 2.24) is 0 Å². The summed E-state index contributed by atoms with van der Waals surface area (Å²) in [6, 6.07) is 0. The highest BCUT2D eigenvalue weighted by Crippen LogP contribution is 2.38. The van der Waals surface area contributed by atoms with Crippen molar-refractivity contribution in [3.8, 4) is 0 Å². The quantitative estimate of drug-likeness (QED) is 0.650. The number of rotatable bonds is 5. The number of thiophene rings is 1. The number of anilines is 1. The lowest BCUT2D eigenvalue weighted by Gasteiger charge is -2.07. The third-order valence-corrected chi connectivity index (χ3v) is 4.83. The number of hydrogen-bond donors (Lipinski definition) is 1. The van der Waals surface area contributed by atoms with E-state index in [9.17, 15) is 19.5 Å².